The van der Waals surface area contributed by atoms with Gasteiger partial charge in [-0.2, -0.15) is 0 Å². The summed E-state index contributed by atoms with van der Waals surface area (Å²) < 4.78 is 32.2. The second-order valence-electron chi connectivity index (χ2n) is 6.50. The lowest BCUT2D eigenvalue weighted by molar-refractivity contribution is -0.122. The Balaban J connectivity index is 0.00000338. The molecule has 1 aromatic carbocycles. The van der Waals surface area contributed by atoms with Gasteiger partial charge >= 0.3 is 0 Å². The molecule has 9 heteroatoms. The van der Waals surface area contributed by atoms with E-state index in [1.165, 1.54) is 12.1 Å². The number of benzene rings is 1. The molecule has 0 bridgehead atoms. The molecule has 0 spiro atoms. The van der Waals surface area contributed by atoms with Crippen LogP contribution in [0, 0.1) is 5.92 Å². The number of sulfonamides is 1. The number of halogens is 1. The standard InChI is InChI=1S/C17H27N3O4S.ClH/c1-3-24-14-6-8-15(9-7-14)25(22,23)19-11-10-16(21)20-17(2,12-18)13-4-5-13;/h6-9,13,19H,3-5,10-12,18H2,1-2H3,(H,20,21);1H. The fourth-order valence-electron chi connectivity index (χ4n) is 2.69. The van der Waals surface area contributed by atoms with E-state index in [9.17, 15) is 13.2 Å². The van der Waals surface area contributed by atoms with E-state index in [-0.39, 0.29) is 36.2 Å². The van der Waals surface area contributed by atoms with Crippen molar-refractivity contribution >= 4 is 28.3 Å². The maximum Gasteiger partial charge on any atom is 0.240 e. The van der Waals surface area contributed by atoms with Crippen molar-refractivity contribution in [3.63, 3.8) is 0 Å². The molecule has 0 aliphatic heterocycles. The SMILES string of the molecule is CCOc1ccc(S(=O)(=O)NCCC(=O)NC(C)(CN)C2CC2)cc1.Cl. The Morgan fingerprint density at radius 1 is 1.31 bits per heavy atom. The van der Waals surface area contributed by atoms with Gasteiger partial charge in [0, 0.05) is 19.5 Å². The molecule has 1 amide bonds. The first-order chi connectivity index (χ1) is 11.8. The van der Waals surface area contributed by atoms with Crippen molar-refractivity contribution in [1.29, 1.82) is 0 Å². The summed E-state index contributed by atoms with van der Waals surface area (Å²) in [6.07, 6.45) is 2.20. The van der Waals surface area contributed by atoms with E-state index in [2.05, 4.69) is 10.0 Å². The van der Waals surface area contributed by atoms with Gasteiger partial charge in [0.25, 0.3) is 0 Å². The summed E-state index contributed by atoms with van der Waals surface area (Å²) >= 11 is 0. The third kappa shape index (κ3) is 6.12. The van der Waals surface area contributed by atoms with Crippen molar-refractivity contribution in [2.45, 2.75) is 43.5 Å². The predicted octanol–water partition coefficient (Wildman–Crippen LogP) is 1.42. The number of hydrogen-bond acceptors (Lipinski definition) is 5. The summed E-state index contributed by atoms with van der Waals surface area (Å²) in [4.78, 5) is 12.2. The molecule has 0 radical (unpaired) electrons. The van der Waals surface area contributed by atoms with E-state index in [0.29, 0.717) is 24.8 Å². The molecule has 1 saturated carbocycles. The number of hydrogen-bond donors (Lipinski definition) is 3. The van der Waals surface area contributed by atoms with Crippen molar-refractivity contribution in [3.05, 3.63) is 24.3 Å². The summed E-state index contributed by atoms with van der Waals surface area (Å²) in [7, 11) is -3.65. The van der Waals surface area contributed by atoms with Gasteiger partial charge in [0.05, 0.1) is 17.0 Å². The number of ether oxygens (including phenoxy) is 1. The van der Waals surface area contributed by atoms with E-state index in [1.54, 1.807) is 12.1 Å². The summed E-state index contributed by atoms with van der Waals surface area (Å²) in [5.74, 6) is 0.832. The highest BCUT2D eigenvalue weighted by atomic mass is 35.5. The maximum absolute atomic E-state index is 12.2. The number of nitrogens with two attached hydrogens (primary N) is 1. The van der Waals surface area contributed by atoms with Gasteiger partial charge in [-0.1, -0.05) is 0 Å². The lowest BCUT2D eigenvalue weighted by Crippen LogP contribution is -2.53. The number of rotatable bonds is 10. The average Bonchev–Trinajstić information content (AvgIpc) is 3.41. The summed E-state index contributed by atoms with van der Waals surface area (Å²) in [6, 6.07) is 6.16. The second-order valence-corrected chi connectivity index (χ2v) is 8.26. The van der Waals surface area contributed by atoms with Crippen LogP contribution in [0.1, 0.15) is 33.1 Å². The fourth-order valence-corrected chi connectivity index (χ4v) is 3.72. The van der Waals surface area contributed by atoms with Gasteiger partial charge in [-0.3, -0.25) is 4.79 Å². The average molecular weight is 406 g/mol. The van der Waals surface area contributed by atoms with Crippen molar-refractivity contribution in [2.24, 2.45) is 11.7 Å². The second kappa shape index (κ2) is 9.55. The smallest absolute Gasteiger partial charge is 0.240 e. The van der Waals surface area contributed by atoms with Crippen LogP contribution in [-0.2, 0) is 14.8 Å². The maximum atomic E-state index is 12.2. The van der Waals surface area contributed by atoms with Crippen LogP contribution in [0.25, 0.3) is 0 Å². The molecular weight excluding hydrogens is 378 g/mol. The number of carbonyl (C=O) groups is 1. The molecule has 0 aromatic heterocycles. The Kier molecular flexibility index (Phi) is 8.33. The largest absolute Gasteiger partial charge is 0.494 e. The van der Waals surface area contributed by atoms with Crippen molar-refractivity contribution in [3.8, 4) is 5.75 Å². The van der Waals surface area contributed by atoms with E-state index in [1.807, 2.05) is 13.8 Å². The van der Waals surface area contributed by atoms with E-state index in [0.717, 1.165) is 12.8 Å². The molecule has 148 valence electrons. The zero-order chi connectivity index (χ0) is 18.5. The molecule has 4 N–H and O–H groups in total. The molecule has 1 aliphatic rings. The van der Waals surface area contributed by atoms with Gasteiger partial charge in [0.15, 0.2) is 0 Å². The topological polar surface area (TPSA) is 111 Å². The lowest BCUT2D eigenvalue weighted by atomic mass is 9.96. The van der Waals surface area contributed by atoms with Gasteiger partial charge in [-0.05, 0) is 56.9 Å². The van der Waals surface area contributed by atoms with Crippen LogP contribution >= 0.6 is 12.4 Å². The Bertz CT molecular complexity index is 692. The molecule has 2 rings (SSSR count). The van der Waals surface area contributed by atoms with E-state index >= 15 is 0 Å². The normalized spacial score (nSPS) is 16.3. The van der Waals surface area contributed by atoms with E-state index < -0.39 is 15.6 Å². The molecular formula is C17H28ClN3O4S. The Morgan fingerprint density at radius 2 is 1.92 bits per heavy atom. The first kappa shape index (κ1) is 22.7. The quantitative estimate of drug-likeness (QED) is 0.545. The van der Waals surface area contributed by atoms with Crippen LogP contribution in [0.3, 0.4) is 0 Å². The number of amides is 1. The zero-order valence-corrected chi connectivity index (χ0v) is 16.8. The van der Waals surface area contributed by atoms with Crippen molar-refractivity contribution < 1.29 is 17.9 Å². The van der Waals surface area contributed by atoms with Crippen LogP contribution in [-0.4, -0.2) is 39.6 Å². The highest BCUT2D eigenvalue weighted by Crippen LogP contribution is 2.38. The Hall–Kier alpha value is -1.35. The minimum absolute atomic E-state index is 0. The molecule has 1 unspecified atom stereocenters. The first-order valence-electron chi connectivity index (χ1n) is 8.54. The van der Waals surface area contributed by atoms with Gasteiger partial charge in [-0.25, -0.2) is 13.1 Å². The third-order valence-electron chi connectivity index (χ3n) is 4.42. The van der Waals surface area contributed by atoms with Crippen LogP contribution < -0.4 is 20.5 Å². The Labute approximate surface area is 161 Å². The molecule has 0 heterocycles. The summed E-state index contributed by atoms with van der Waals surface area (Å²) in [5, 5.41) is 2.94. The minimum Gasteiger partial charge on any atom is -0.494 e. The third-order valence-corrected chi connectivity index (χ3v) is 5.89. The van der Waals surface area contributed by atoms with Gasteiger partial charge < -0.3 is 15.8 Å². The molecule has 26 heavy (non-hydrogen) atoms. The summed E-state index contributed by atoms with van der Waals surface area (Å²) in [5.41, 5.74) is 5.37. The molecule has 1 fully saturated rings. The highest BCUT2D eigenvalue weighted by Gasteiger charge is 2.41. The van der Waals surface area contributed by atoms with Crippen molar-refractivity contribution in [1.82, 2.24) is 10.0 Å². The van der Waals surface area contributed by atoms with Crippen molar-refractivity contribution in [2.75, 3.05) is 19.7 Å². The van der Waals surface area contributed by atoms with E-state index in [4.69, 9.17) is 10.5 Å². The molecule has 7 nitrogen and oxygen atoms in total. The van der Waals surface area contributed by atoms with Gasteiger partial charge in [0.1, 0.15) is 5.75 Å². The zero-order valence-electron chi connectivity index (χ0n) is 15.2. The Morgan fingerprint density at radius 3 is 2.42 bits per heavy atom. The first-order valence-corrected chi connectivity index (χ1v) is 10.0. The minimum atomic E-state index is -3.65. The molecule has 1 aliphatic carbocycles. The van der Waals surface area contributed by atoms with Crippen LogP contribution in [0.4, 0.5) is 0 Å². The number of nitrogens with one attached hydrogen (secondary N) is 2. The molecule has 1 atom stereocenters. The van der Waals surface area contributed by atoms with Gasteiger partial charge in [0.2, 0.25) is 15.9 Å². The predicted molar refractivity (Wildman–Crippen MR) is 103 cm³/mol. The molecule has 0 saturated heterocycles. The van der Waals surface area contributed by atoms with Crippen LogP contribution in [0.15, 0.2) is 29.2 Å². The van der Waals surface area contributed by atoms with Crippen LogP contribution in [0.2, 0.25) is 0 Å². The lowest BCUT2D eigenvalue weighted by Gasteiger charge is -2.29. The fraction of sp³-hybridized carbons (Fsp3) is 0.588. The number of carbonyl (C=O) groups excluding carboxylic acids is 1. The highest BCUT2D eigenvalue weighted by molar-refractivity contribution is 7.89. The summed E-state index contributed by atoms with van der Waals surface area (Å²) in [6.45, 7) is 4.72. The van der Waals surface area contributed by atoms with Crippen LogP contribution in [0.5, 0.6) is 5.75 Å². The monoisotopic (exact) mass is 405 g/mol. The molecule has 1 aromatic rings. The van der Waals surface area contributed by atoms with Gasteiger partial charge in [-0.15, -0.1) is 12.4 Å².